The largest absolute Gasteiger partial charge is 0.318 e. The zero-order valence-corrected chi connectivity index (χ0v) is 18.6. The van der Waals surface area contributed by atoms with Crippen molar-refractivity contribution < 1.29 is 14.4 Å². The van der Waals surface area contributed by atoms with Crippen molar-refractivity contribution in [2.24, 2.45) is 12.1 Å². The van der Waals surface area contributed by atoms with Gasteiger partial charge in [0, 0.05) is 13.5 Å². The van der Waals surface area contributed by atoms with E-state index in [1.165, 1.54) is 11.3 Å². The predicted molar refractivity (Wildman–Crippen MR) is 125 cm³/mol. The fourth-order valence-electron chi connectivity index (χ4n) is 4.00. The van der Waals surface area contributed by atoms with Crippen LogP contribution in [-0.2, 0) is 18.3 Å². The number of aryl methyl sites for hydroxylation is 1. The Balaban J connectivity index is 1.49. The molecule has 0 radical (unpaired) electrons. The van der Waals surface area contributed by atoms with Crippen molar-refractivity contribution >= 4 is 39.3 Å². The molecular formula is C25H20N4O3S. The molecule has 0 aliphatic carbocycles. The van der Waals surface area contributed by atoms with Crippen LogP contribution in [0.2, 0.25) is 0 Å². The van der Waals surface area contributed by atoms with Gasteiger partial charge in [-0.3, -0.25) is 19.3 Å². The molecule has 1 atom stereocenters. The van der Waals surface area contributed by atoms with Crippen LogP contribution in [0.5, 0.6) is 0 Å². The van der Waals surface area contributed by atoms with Crippen molar-refractivity contribution in [2.45, 2.75) is 12.5 Å². The lowest BCUT2D eigenvalue weighted by Crippen LogP contribution is -2.50. The van der Waals surface area contributed by atoms with Gasteiger partial charge in [-0.25, -0.2) is 5.43 Å². The molecule has 3 amide bonds. The monoisotopic (exact) mass is 456 g/mol. The van der Waals surface area contributed by atoms with Crippen LogP contribution in [0.4, 0.5) is 0 Å². The molecule has 0 spiro atoms. The summed E-state index contributed by atoms with van der Waals surface area (Å²) in [5.41, 5.74) is 5.04. The van der Waals surface area contributed by atoms with Crippen molar-refractivity contribution in [3.8, 4) is 0 Å². The van der Waals surface area contributed by atoms with Gasteiger partial charge in [0.05, 0.1) is 21.3 Å². The Labute approximate surface area is 193 Å². The summed E-state index contributed by atoms with van der Waals surface area (Å²) >= 11 is 1.44. The maximum absolute atomic E-state index is 13.3. The molecule has 4 aromatic rings. The topological polar surface area (TPSA) is 83.8 Å². The van der Waals surface area contributed by atoms with Crippen LogP contribution in [0.3, 0.4) is 0 Å². The van der Waals surface area contributed by atoms with E-state index in [2.05, 4.69) is 10.5 Å². The summed E-state index contributed by atoms with van der Waals surface area (Å²) in [4.78, 5) is 41.1. The molecule has 2 heterocycles. The van der Waals surface area contributed by atoms with Gasteiger partial charge in [0.15, 0.2) is 0 Å². The number of carbonyl (C=O) groups is 3. The van der Waals surface area contributed by atoms with Gasteiger partial charge in [0.25, 0.3) is 17.7 Å². The van der Waals surface area contributed by atoms with Gasteiger partial charge in [0.2, 0.25) is 4.80 Å². The molecular weight excluding hydrogens is 436 g/mol. The van der Waals surface area contributed by atoms with Crippen molar-refractivity contribution in [1.82, 2.24) is 14.9 Å². The molecule has 7 nitrogen and oxygen atoms in total. The Kier molecular flexibility index (Phi) is 5.35. The molecule has 8 heteroatoms. The highest BCUT2D eigenvalue weighted by molar-refractivity contribution is 7.16. The second-order valence-corrected chi connectivity index (χ2v) is 8.74. The Morgan fingerprint density at radius 3 is 2.18 bits per heavy atom. The molecule has 0 fully saturated rings. The second kappa shape index (κ2) is 8.48. The summed E-state index contributed by atoms with van der Waals surface area (Å²) in [6.45, 7) is 0. The summed E-state index contributed by atoms with van der Waals surface area (Å²) in [7, 11) is 1.87. The van der Waals surface area contributed by atoms with E-state index in [0.29, 0.717) is 15.9 Å². The van der Waals surface area contributed by atoms with Crippen LogP contribution in [0.1, 0.15) is 26.3 Å². The van der Waals surface area contributed by atoms with E-state index in [-0.39, 0.29) is 6.42 Å². The molecule has 0 saturated heterocycles. The summed E-state index contributed by atoms with van der Waals surface area (Å²) in [5.74, 6) is -1.47. The zero-order chi connectivity index (χ0) is 22.9. The molecule has 0 bridgehead atoms. The van der Waals surface area contributed by atoms with Crippen LogP contribution in [-0.4, -0.2) is 33.2 Å². The van der Waals surface area contributed by atoms with E-state index in [4.69, 9.17) is 0 Å². The van der Waals surface area contributed by atoms with E-state index in [1.807, 2.05) is 66.2 Å². The second-order valence-electron chi connectivity index (χ2n) is 7.73. The minimum Gasteiger partial charge on any atom is -0.318 e. The molecule has 1 unspecified atom stereocenters. The van der Waals surface area contributed by atoms with Crippen LogP contribution in [0.15, 0.2) is 84.0 Å². The average molecular weight is 457 g/mol. The smallest absolute Gasteiger partial charge is 0.263 e. The number of carbonyl (C=O) groups excluding carboxylic acids is 3. The minimum absolute atomic E-state index is 0.187. The lowest BCUT2D eigenvalue weighted by atomic mass is 10.0. The summed E-state index contributed by atoms with van der Waals surface area (Å²) in [6.07, 6.45) is 0.187. The number of hydrogen-bond donors (Lipinski definition) is 1. The molecule has 1 aliphatic heterocycles. The van der Waals surface area contributed by atoms with E-state index in [1.54, 1.807) is 24.3 Å². The van der Waals surface area contributed by atoms with Crippen LogP contribution in [0.25, 0.3) is 10.2 Å². The molecule has 164 valence electrons. The molecule has 1 aromatic heterocycles. The number of rotatable bonds is 5. The van der Waals surface area contributed by atoms with Gasteiger partial charge < -0.3 is 4.57 Å². The van der Waals surface area contributed by atoms with Crippen LogP contribution >= 0.6 is 11.3 Å². The third-order valence-corrected chi connectivity index (χ3v) is 6.80. The molecule has 1 N–H and O–H groups in total. The van der Waals surface area contributed by atoms with Crippen molar-refractivity contribution in [1.29, 1.82) is 0 Å². The number of imide groups is 1. The lowest BCUT2D eigenvalue weighted by molar-refractivity contribution is -0.125. The number of hydrogen-bond acceptors (Lipinski definition) is 5. The number of benzene rings is 3. The highest BCUT2D eigenvalue weighted by Crippen LogP contribution is 2.26. The van der Waals surface area contributed by atoms with Crippen LogP contribution < -0.4 is 10.2 Å². The van der Waals surface area contributed by atoms with Gasteiger partial charge >= 0.3 is 0 Å². The van der Waals surface area contributed by atoms with Crippen molar-refractivity contribution in [2.75, 3.05) is 0 Å². The number of aromatic nitrogens is 1. The molecule has 5 rings (SSSR count). The number of amides is 3. The van der Waals surface area contributed by atoms with Gasteiger partial charge in [-0.2, -0.15) is 0 Å². The molecule has 1 aliphatic rings. The SMILES string of the molecule is Cn1/c(=N\NC(=O)C(Cc2ccccc2)N2C(=O)c3ccccc3C2=O)sc2ccccc21. The first-order valence-corrected chi connectivity index (χ1v) is 11.3. The lowest BCUT2D eigenvalue weighted by Gasteiger charge is -2.24. The van der Waals surface area contributed by atoms with Crippen LogP contribution in [0, 0.1) is 0 Å². The summed E-state index contributed by atoms with van der Waals surface area (Å²) in [5, 5.41) is 4.31. The Bertz CT molecular complexity index is 1420. The molecule has 33 heavy (non-hydrogen) atoms. The first kappa shape index (κ1) is 20.8. The third-order valence-electron chi connectivity index (χ3n) is 5.69. The van der Waals surface area contributed by atoms with Gasteiger partial charge in [-0.05, 0) is 29.8 Å². The maximum atomic E-state index is 13.3. The minimum atomic E-state index is -1.04. The fraction of sp³-hybridized carbons (Fsp3) is 0.120. The standard InChI is InChI=1S/C25H20N4O3S/c1-28-19-13-7-8-14-21(19)33-25(28)27-26-22(30)20(15-16-9-3-2-4-10-16)29-23(31)17-11-5-6-12-18(17)24(29)32/h2-14,20H,15H2,1H3,(H,26,30)/b27-25+. The predicted octanol–water partition coefficient (Wildman–Crippen LogP) is 3.08. The quantitative estimate of drug-likeness (QED) is 0.370. The first-order chi connectivity index (χ1) is 16.0. The Hall–Kier alpha value is -4.04. The van der Waals surface area contributed by atoms with Gasteiger partial charge in [0.1, 0.15) is 6.04 Å². The fourth-order valence-corrected chi connectivity index (χ4v) is 4.97. The van der Waals surface area contributed by atoms with E-state index >= 15 is 0 Å². The maximum Gasteiger partial charge on any atom is 0.263 e. The number of para-hydroxylation sites is 1. The summed E-state index contributed by atoms with van der Waals surface area (Å²) in [6, 6.07) is 22.7. The third kappa shape index (κ3) is 3.74. The van der Waals surface area contributed by atoms with E-state index < -0.39 is 23.8 Å². The normalized spacial score (nSPS) is 14.6. The van der Waals surface area contributed by atoms with Gasteiger partial charge in [-0.1, -0.05) is 65.9 Å². The van der Waals surface area contributed by atoms with Crippen molar-refractivity contribution in [3.05, 3.63) is 100 Å². The zero-order valence-electron chi connectivity index (χ0n) is 17.8. The average Bonchev–Trinajstić information content (AvgIpc) is 3.30. The molecule has 0 saturated carbocycles. The summed E-state index contributed by atoms with van der Waals surface area (Å²) < 4.78 is 2.92. The van der Waals surface area contributed by atoms with E-state index in [0.717, 1.165) is 20.7 Å². The Morgan fingerprint density at radius 2 is 1.52 bits per heavy atom. The first-order valence-electron chi connectivity index (χ1n) is 10.4. The number of thiazole rings is 1. The van der Waals surface area contributed by atoms with Crippen molar-refractivity contribution in [3.63, 3.8) is 0 Å². The molecule has 3 aromatic carbocycles. The van der Waals surface area contributed by atoms with E-state index in [9.17, 15) is 14.4 Å². The van der Waals surface area contributed by atoms with Gasteiger partial charge in [-0.15, -0.1) is 5.10 Å². The highest BCUT2D eigenvalue weighted by Gasteiger charge is 2.42. The Morgan fingerprint density at radius 1 is 0.909 bits per heavy atom. The number of fused-ring (bicyclic) bond motifs is 2. The number of nitrogens with one attached hydrogen (secondary N) is 1. The highest BCUT2D eigenvalue weighted by atomic mass is 32.1. The number of nitrogens with zero attached hydrogens (tertiary/aromatic N) is 3.